The number of unbranched alkanes of at least 4 members (excludes halogenated alkanes) is 1. The Bertz CT molecular complexity index is 445. The monoisotopic (exact) mass is 277 g/mol. The molecule has 1 heterocycles. The Hall–Kier alpha value is -1.32. The number of anilines is 1. The van der Waals surface area contributed by atoms with Crippen LogP contribution in [-0.2, 0) is 11.8 Å². The maximum atomic E-state index is 12.3. The fourth-order valence-corrected chi connectivity index (χ4v) is 3.16. The predicted molar refractivity (Wildman–Crippen MR) is 81.5 cm³/mol. The summed E-state index contributed by atoms with van der Waals surface area (Å²) in [6.07, 6.45) is 8.45. The highest BCUT2D eigenvalue weighted by Gasteiger charge is 2.26. The average Bonchev–Trinajstić information content (AvgIpc) is 2.75. The standard InChI is InChI=1S/C16H27N3O/c1-4-5-6-13-7-9-14(10-8-13)16(20)17-15-11-12(2)18-19(15)3/h11,13-14H,4-10H2,1-3H3,(H,17,20). The highest BCUT2D eigenvalue weighted by molar-refractivity contribution is 5.91. The molecule has 1 aromatic rings. The molecule has 0 bridgehead atoms. The van der Waals surface area contributed by atoms with Crippen LogP contribution in [0.25, 0.3) is 0 Å². The molecule has 0 unspecified atom stereocenters. The van der Waals surface area contributed by atoms with E-state index in [1.54, 1.807) is 4.68 Å². The van der Waals surface area contributed by atoms with Gasteiger partial charge < -0.3 is 5.32 Å². The van der Waals surface area contributed by atoms with E-state index in [2.05, 4.69) is 17.3 Å². The molecule has 0 radical (unpaired) electrons. The molecule has 0 atom stereocenters. The summed E-state index contributed by atoms with van der Waals surface area (Å²) < 4.78 is 1.74. The van der Waals surface area contributed by atoms with E-state index < -0.39 is 0 Å². The molecule has 1 amide bonds. The second-order valence-corrected chi connectivity index (χ2v) is 6.14. The van der Waals surface area contributed by atoms with Gasteiger partial charge in [0.25, 0.3) is 0 Å². The lowest BCUT2D eigenvalue weighted by Gasteiger charge is -2.27. The minimum absolute atomic E-state index is 0.168. The topological polar surface area (TPSA) is 46.9 Å². The van der Waals surface area contributed by atoms with Crippen LogP contribution >= 0.6 is 0 Å². The third kappa shape index (κ3) is 3.84. The molecule has 1 fully saturated rings. The van der Waals surface area contributed by atoms with Gasteiger partial charge >= 0.3 is 0 Å². The van der Waals surface area contributed by atoms with E-state index in [0.717, 1.165) is 30.3 Å². The summed E-state index contributed by atoms with van der Waals surface area (Å²) in [6, 6.07) is 1.92. The number of amides is 1. The molecular weight excluding hydrogens is 250 g/mol. The van der Waals surface area contributed by atoms with E-state index in [4.69, 9.17) is 0 Å². The second-order valence-electron chi connectivity index (χ2n) is 6.14. The van der Waals surface area contributed by atoms with Crippen LogP contribution in [0.2, 0.25) is 0 Å². The van der Waals surface area contributed by atoms with Crippen molar-refractivity contribution in [3.05, 3.63) is 11.8 Å². The van der Waals surface area contributed by atoms with Gasteiger partial charge in [-0.25, -0.2) is 0 Å². The van der Waals surface area contributed by atoms with E-state index in [9.17, 15) is 4.79 Å². The first-order valence-electron chi connectivity index (χ1n) is 7.91. The van der Waals surface area contributed by atoms with Gasteiger partial charge in [0, 0.05) is 19.0 Å². The SMILES string of the molecule is CCCCC1CCC(C(=O)Nc2cc(C)nn2C)CC1. The second kappa shape index (κ2) is 6.91. The van der Waals surface area contributed by atoms with Gasteiger partial charge in [0.1, 0.15) is 5.82 Å². The summed E-state index contributed by atoms with van der Waals surface area (Å²) in [4.78, 5) is 12.3. The lowest BCUT2D eigenvalue weighted by Crippen LogP contribution is -2.28. The number of hydrogen-bond donors (Lipinski definition) is 1. The molecule has 0 aliphatic heterocycles. The molecule has 0 aromatic carbocycles. The van der Waals surface area contributed by atoms with Crippen LogP contribution in [0, 0.1) is 18.8 Å². The molecule has 1 aliphatic carbocycles. The number of rotatable bonds is 5. The van der Waals surface area contributed by atoms with Crippen molar-refractivity contribution in [3.63, 3.8) is 0 Å². The lowest BCUT2D eigenvalue weighted by atomic mass is 9.79. The van der Waals surface area contributed by atoms with Gasteiger partial charge in [-0.2, -0.15) is 5.10 Å². The van der Waals surface area contributed by atoms with Gasteiger partial charge in [0.15, 0.2) is 0 Å². The molecule has 4 heteroatoms. The summed E-state index contributed by atoms with van der Waals surface area (Å²) in [5.41, 5.74) is 0.936. The first kappa shape index (κ1) is 15.1. The quantitative estimate of drug-likeness (QED) is 0.892. The van der Waals surface area contributed by atoms with Gasteiger partial charge in [-0.1, -0.05) is 26.2 Å². The summed E-state index contributed by atoms with van der Waals surface area (Å²) in [5.74, 6) is 2.00. The summed E-state index contributed by atoms with van der Waals surface area (Å²) in [6.45, 7) is 4.18. The van der Waals surface area contributed by atoms with Crippen LogP contribution in [-0.4, -0.2) is 15.7 Å². The van der Waals surface area contributed by atoms with Crippen LogP contribution in [0.1, 0.15) is 57.6 Å². The van der Waals surface area contributed by atoms with Crippen molar-refractivity contribution in [3.8, 4) is 0 Å². The Morgan fingerprint density at radius 3 is 2.65 bits per heavy atom. The minimum Gasteiger partial charge on any atom is -0.311 e. The number of aromatic nitrogens is 2. The molecule has 112 valence electrons. The number of carbonyl (C=O) groups excluding carboxylic acids is 1. The van der Waals surface area contributed by atoms with Crippen molar-refractivity contribution < 1.29 is 4.79 Å². The highest BCUT2D eigenvalue weighted by atomic mass is 16.2. The Balaban J connectivity index is 1.81. The zero-order valence-electron chi connectivity index (χ0n) is 13.0. The smallest absolute Gasteiger partial charge is 0.228 e. The molecule has 0 spiro atoms. The zero-order valence-corrected chi connectivity index (χ0v) is 13.0. The molecule has 1 aromatic heterocycles. The van der Waals surface area contributed by atoms with Crippen molar-refractivity contribution in [2.45, 2.75) is 58.8 Å². The predicted octanol–water partition coefficient (Wildman–Crippen LogP) is 3.66. The van der Waals surface area contributed by atoms with Crippen LogP contribution in [0.4, 0.5) is 5.82 Å². The van der Waals surface area contributed by atoms with Gasteiger partial charge in [-0.3, -0.25) is 9.48 Å². The van der Waals surface area contributed by atoms with Crippen LogP contribution in [0.3, 0.4) is 0 Å². The van der Waals surface area contributed by atoms with Gasteiger partial charge in [0.05, 0.1) is 5.69 Å². The number of nitrogens with zero attached hydrogens (tertiary/aromatic N) is 2. The fraction of sp³-hybridized carbons (Fsp3) is 0.750. The fourth-order valence-electron chi connectivity index (χ4n) is 3.16. The third-order valence-corrected chi connectivity index (χ3v) is 4.44. The summed E-state index contributed by atoms with van der Waals surface area (Å²) >= 11 is 0. The Morgan fingerprint density at radius 2 is 2.10 bits per heavy atom. The maximum absolute atomic E-state index is 12.3. The maximum Gasteiger partial charge on any atom is 0.228 e. The molecular formula is C16H27N3O. The van der Waals surface area contributed by atoms with E-state index in [1.807, 2.05) is 20.0 Å². The third-order valence-electron chi connectivity index (χ3n) is 4.44. The highest BCUT2D eigenvalue weighted by Crippen LogP contribution is 2.32. The van der Waals surface area contributed by atoms with Crippen molar-refractivity contribution in [1.29, 1.82) is 0 Å². The van der Waals surface area contributed by atoms with Gasteiger partial charge in [-0.05, 0) is 38.5 Å². The molecule has 1 N–H and O–H groups in total. The van der Waals surface area contributed by atoms with Crippen LogP contribution in [0.5, 0.6) is 0 Å². The summed E-state index contributed by atoms with van der Waals surface area (Å²) in [7, 11) is 1.87. The molecule has 20 heavy (non-hydrogen) atoms. The number of carbonyl (C=O) groups is 1. The molecule has 1 aliphatic rings. The van der Waals surface area contributed by atoms with Gasteiger partial charge in [0.2, 0.25) is 5.91 Å². The van der Waals surface area contributed by atoms with Crippen LogP contribution < -0.4 is 5.32 Å². The minimum atomic E-state index is 0.168. The molecule has 4 nitrogen and oxygen atoms in total. The number of aryl methyl sites for hydroxylation is 2. The Morgan fingerprint density at radius 1 is 1.40 bits per heavy atom. The van der Waals surface area contributed by atoms with Crippen molar-refractivity contribution >= 4 is 11.7 Å². The van der Waals surface area contributed by atoms with E-state index in [1.165, 1.54) is 32.1 Å². The molecule has 1 saturated carbocycles. The molecule has 2 rings (SSSR count). The average molecular weight is 277 g/mol. The first-order valence-corrected chi connectivity index (χ1v) is 7.91. The van der Waals surface area contributed by atoms with Crippen molar-refractivity contribution in [2.24, 2.45) is 18.9 Å². The summed E-state index contributed by atoms with van der Waals surface area (Å²) in [5, 5.41) is 7.28. The van der Waals surface area contributed by atoms with E-state index in [-0.39, 0.29) is 11.8 Å². The van der Waals surface area contributed by atoms with Crippen LogP contribution in [0.15, 0.2) is 6.07 Å². The Labute approximate surface area is 121 Å². The lowest BCUT2D eigenvalue weighted by molar-refractivity contribution is -0.121. The normalized spacial score (nSPS) is 22.8. The Kier molecular flexibility index (Phi) is 5.21. The van der Waals surface area contributed by atoms with E-state index >= 15 is 0 Å². The van der Waals surface area contributed by atoms with Gasteiger partial charge in [-0.15, -0.1) is 0 Å². The number of hydrogen-bond acceptors (Lipinski definition) is 2. The number of nitrogens with one attached hydrogen (secondary N) is 1. The van der Waals surface area contributed by atoms with Crippen molar-refractivity contribution in [2.75, 3.05) is 5.32 Å². The largest absolute Gasteiger partial charge is 0.311 e. The zero-order chi connectivity index (χ0) is 14.5. The molecule has 0 saturated heterocycles. The van der Waals surface area contributed by atoms with E-state index in [0.29, 0.717) is 0 Å². The van der Waals surface area contributed by atoms with Crippen molar-refractivity contribution in [1.82, 2.24) is 9.78 Å². The first-order chi connectivity index (χ1) is 9.60.